The predicted octanol–water partition coefficient (Wildman–Crippen LogP) is 4.49. The van der Waals surface area contributed by atoms with E-state index in [2.05, 4.69) is 46.0 Å². The number of hydrogen-bond acceptors (Lipinski definition) is 7. The second-order valence-electron chi connectivity index (χ2n) is 10.8. The quantitative estimate of drug-likeness (QED) is 0.513. The van der Waals surface area contributed by atoms with Crippen LogP contribution in [0.1, 0.15) is 36.9 Å². The lowest BCUT2D eigenvalue weighted by Gasteiger charge is -2.37. The lowest BCUT2D eigenvalue weighted by molar-refractivity contribution is 0.187. The summed E-state index contributed by atoms with van der Waals surface area (Å²) in [6.45, 7) is 6.11. The Labute approximate surface area is 224 Å². The van der Waals surface area contributed by atoms with Crippen molar-refractivity contribution in [1.82, 2.24) is 14.9 Å². The summed E-state index contributed by atoms with van der Waals surface area (Å²) in [5, 5.41) is 3.05. The Kier molecular flexibility index (Phi) is 7.10. The van der Waals surface area contributed by atoms with E-state index in [4.69, 9.17) is 32.0 Å². The summed E-state index contributed by atoms with van der Waals surface area (Å²) in [5.41, 5.74) is 9.46. The largest absolute Gasteiger partial charge is 0.462 e. The molecule has 3 aromatic rings. The minimum Gasteiger partial charge on any atom is -0.462 e. The Morgan fingerprint density at radius 3 is 2.57 bits per heavy atom. The monoisotopic (exact) mass is 520 g/mol. The lowest BCUT2D eigenvalue weighted by Crippen LogP contribution is -2.39. The number of anilines is 2. The second-order valence-corrected chi connectivity index (χ2v) is 11.2. The van der Waals surface area contributed by atoms with Crippen LogP contribution in [0.4, 0.5) is 11.5 Å². The van der Waals surface area contributed by atoms with Crippen LogP contribution in [0, 0.1) is 5.92 Å². The molecule has 6 rings (SSSR count). The highest BCUT2D eigenvalue weighted by Crippen LogP contribution is 2.37. The molecule has 37 heavy (non-hydrogen) atoms. The van der Waals surface area contributed by atoms with E-state index in [-0.39, 0.29) is 0 Å². The fraction of sp³-hybridized carbons (Fsp3) is 0.517. The van der Waals surface area contributed by atoms with Crippen molar-refractivity contribution in [2.45, 2.75) is 44.7 Å². The number of likely N-dealkylation sites (tertiary alicyclic amines) is 1. The van der Waals surface area contributed by atoms with Crippen molar-refractivity contribution in [2.75, 3.05) is 56.2 Å². The molecule has 1 aromatic heterocycles. The van der Waals surface area contributed by atoms with Crippen LogP contribution in [-0.2, 0) is 13.0 Å². The molecule has 2 fully saturated rings. The number of fused-ring (bicyclic) bond motifs is 2. The number of piperidine rings is 1. The van der Waals surface area contributed by atoms with Crippen LogP contribution in [0.2, 0.25) is 5.02 Å². The van der Waals surface area contributed by atoms with Gasteiger partial charge in [0.2, 0.25) is 0 Å². The summed E-state index contributed by atoms with van der Waals surface area (Å²) in [5.74, 6) is 1.67. The molecule has 0 radical (unpaired) electrons. The van der Waals surface area contributed by atoms with Gasteiger partial charge in [0.15, 0.2) is 0 Å². The van der Waals surface area contributed by atoms with E-state index in [1.54, 1.807) is 0 Å². The maximum atomic E-state index is 6.68. The molecule has 2 saturated heterocycles. The van der Waals surface area contributed by atoms with E-state index in [9.17, 15) is 0 Å². The van der Waals surface area contributed by atoms with Crippen LogP contribution in [0.3, 0.4) is 0 Å². The van der Waals surface area contributed by atoms with E-state index >= 15 is 0 Å². The van der Waals surface area contributed by atoms with Gasteiger partial charge in [-0.2, -0.15) is 9.97 Å². The smallest absolute Gasteiger partial charge is 0.318 e. The molecule has 2 aromatic carbocycles. The number of aromatic nitrogens is 2. The number of rotatable bonds is 6. The minimum atomic E-state index is 0.428. The van der Waals surface area contributed by atoms with Gasteiger partial charge in [0, 0.05) is 42.3 Å². The lowest BCUT2D eigenvalue weighted by atomic mass is 9.96. The third-order valence-corrected chi connectivity index (χ3v) is 8.83. The van der Waals surface area contributed by atoms with E-state index in [1.807, 2.05) is 12.1 Å². The molecular formula is C29H37ClN6O. The van der Waals surface area contributed by atoms with Crippen molar-refractivity contribution < 1.29 is 4.74 Å². The molecule has 4 heterocycles. The Balaban J connectivity index is 1.32. The van der Waals surface area contributed by atoms with Crippen LogP contribution in [-0.4, -0.2) is 67.3 Å². The average Bonchev–Trinajstić information content (AvgIpc) is 3.35. The van der Waals surface area contributed by atoms with Gasteiger partial charge in [0.1, 0.15) is 12.4 Å². The molecular weight excluding hydrogens is 484 g/mol. The van der Waals surface area contributed by atoms with Crippen molar-refractivity contribution in [3.63, 3.8) is 0 Å². The first kappa shape index (κ1) is 24.7. The third kappa shape index (κ3) is 4.97. The fourth-order valence-corrected chi connectivity index (χ4v) is 6.48. The number of likely N-dealkylation sites (N-methyl/N-ethyl adjacent to an activating group) is 1. The predicted molar refractivity (Wildman–Crippen MR) is 151 cm³/mol. The Hall–Kier alpha value is -2.61. The van der Waals surface area contributed by atoms with Gasteiger partial charge in [-0.25, -0.2) is 0 Å². The summed E-state index contributed by atoms with van der Waals surface area (Å²) in [4.78, 5) is 17.2. The molecule has 0 bridgehead atoms. The third-order valence-electron chi connectivity index (χ3n) is 8.52. The molecule has 3 aliphatic rings. The Bertz CT molecular complexity index is 1260. The highest BCUT2D eigenvalue weighted by molar-refractivity contribution is 6.36. The molecule has 2 N–H and O–H groups in total. The topological polar surface area (TPSA) is 70.8 Å². The standard InChI is InChI=1S/C29H37ClN6O/c1-34-13-4-7-22(34)19-37-29-32-25-18-36(26-9-3-6-21-5-2-8-24(30)27(21)26)16-12-23(25)28(33-29)35-14-10-20(17-31)11-15-35/h2-3,5-6,8-9,20,22H,4,7,10-19,31H2,1H3/t22-/m0/s1. The Morgan fingerprint density at radius 1 is 1.00 bits per heavy atom. The first-order valence-electron chi connectivity index (χ1n) is 13.7. The zero-order chi connectivity index (χ0) is 25.4. The van der Waals surface area contributed by atoms with Gasteiger partial charge in [0.05, 0.1) is 17.3 Å². The molecule has 7 nitrogen and oxygen atoms in total. The molecule has 8 heteroatoms. The van der Waals surface area contributed by atoms with Crippen LogP contribution in [0.25, 0.3) is 10.8 Å². The van der Waals surface area contributed by atoms with E-state index < -0.39 is 0 Å². The second kappa shape index (κ2) is 10.6. The van der Waals surface area contributed by atoms with Gasteiger partial charge >= 0.3 is 6.01 Å². The van der Waals surface area contributed by atoms with Crippen molar-refractivity contribution in [1.29, 1.82) is 0 Å². The van der Waals surface area contributed by atoms with Gasteiger partial charge < -0.3 is 25.2 Å². The number of benzene rings is 2. The highest BCUT2D eigenvalue weighted by atomic mass is 35.5. The van der Waals surface area contributed by atoms with Crippen LogP contribution < -0.4 is 20.3 Å². The van der Waals surface area contributed by atoms with Crippen molar-refractivity contribution >= 4 is 33.9 Å². The molecule has 3 aliphatic heterocycles. The summed E-state index contributed by atoms with van der Waals surface area (Å²) >= 11 is 6.68. The summed E-state index contributed by atoms with van der Waals surface area (Å²) in [6.07, 6.45) is 5.50. The number of hydrogen-bond donors (Lipinski definition) is 1. The zero-order valence-electron chi connectivity index (χ0n) is 21.7. The summed E-state index contributed by atoms with van der Waals surface area (Å²) in [7, 11) is 2.18. The van der Waals surface area contributed by atoms with Gasteiger partial charge in [-0.05, 0) is 75.7 Å². The summed E-state index contributed by atoms with van der Waals surface area (Å²) in [6, 6.07) is 13.5. The van der Waals surface area contributed by atoms with Crippen molar-refractivity contribution in [2.24, 2.45) is 11.7 Å². The summed E-state index contributed by atoms with van der Waals surface area (Å²) < 4.78 is 6.28. The molecule has 0 amide bonds. The van der Waals surface area contributed by atoms with Gasteiger partial charge in [0.25, 0.3) is 0 Å². The SMILES string of the molecule is CN1CCC[C@H]1COc1nc2c(c(N3CCC(CN)CC3)n1)CCN(c1cccc3cccc(Cl)c13)C2. The molecule has 196 valence electrons. The number of nitrogens with two attached hydrogens (primary N) is 1. The van der Waals surface area contributed by atoms with Crippen LogP contribution in [0.5, 0.6) is 6.01 Å². The minimum absolute atomic E-state index is 0.428. The van der Waals surface area contributed by atoms with Crippen molar-refractivity contribution in [3.05, 3.63) is 52.7 Å². The van der Waals surface area contributed by atoms with Gasteiger partial charge in [-0.3, -0.25) is 0 Å². The van der Waals surface area contributed by atoms with Crippen molar-refractivity contribution in [3.8, 4) is 6.01 Å². The highest BCUT2D eigenvalue weighted by Gasteiger charge is 2.29. The first-order valence-corrected chi connectivity index (χ1v) is 14.1. The first-order chi connectivity index (χ1) is 18.1. The normalized spacial score (nSPS) is 21.0. The molecule has 0 unspecified atom stereocenters. The fourth-order valence-electron chi connectivity index (χ4n) is 6.20. The van der Waals surface area contributed by atoms with Crippen LogP contribution >= 0.6 is 11.6 Å². The number of ether oxygens (including phenoxy) is 1. The van der Waals surface area contributed by atoms with Gasteiger partial charge in [-0.1, -0.05) is 35.9 Å². The number of nitrogens with zero attached hydrogens (tertiary/aromatic N) is 5. The zero-order valence-corrected chi connectivity index (χ0v) is 22.5. The maximum Gasteiger partial charge on any atom is 0.318 e. The molecule has 0 aliphatic carbocycles. The molecule has 0 spiro atoms. The Morgan fingerprint density at radius 2 is 1.81 bits per heavy atom. The van der Waals surface area contributed by atoms with E-state index in [0.29, 0.717) is 31.1 Å². The van der Waals surface area contributed by atoms with Crippen LogP contribution in [0.15, 0.2) is 36.4 Å². The van der Waals surface area contributed by atoms with E-state index in [1.165, 1.54) is 12.0 Å². The maximum absolute atomic E-state index is 6.68. The molecule has 0 saturated carbocycles. The molecule has 1 atom stereocenters. The number of halogens is 1. The average molecular weight is 521 g/mol. The van der Waals surface area contributed by atoms with Gasteiger partial charge in [-0.15, -0.1) is 0 Å². The van der Waals surface area contributed by atoms with E-state index in [0.717, 1.165) is 91.4 Å².